The van der Waals surface area contributed by atoms with E-state index in [1.807, 2.05) is 12.1 Å². The quantitative estimate of drug-likeness (QED) is 0.766. The molecule has 27 heavy (non-hydrogen) atoms. The van der Waals surface area contributed by atoms with E-state index in [0.717, 1.165) is 25.1 Å². The van der Waals surface area contributed by atoms with E-state index in [9.17, 15) is 9.90 Å². The highest BCUT2D eigenvalue weighted by Crippen LogP contribution is 2.40. The van der Waals surface area contributed by atoms with Crippen LogP contribution in [0.2, 0.25) is 5.02 Å². The largest absolute Gasteiger partial charge is 0.507 e. The summed E-state index contributed by atoms with van der Waals surface area (Å²) in [6, 6.07) is 10.5. The number of piperidine rings is 1. The Balaban J connectivity index is 1.64. The molecule has 2 aliphatic rings. The van der Waals surface area contributed by atoms with E-state index in [-0.39, 0.29) is 17.3 Å². The number of aromatic hydroxyl groups is 1. The summed E-state index contributed by atoms with van der Waals surface area (Å²) in [5.74, 6) is 1.37. The van der Waals surface area contributed by atoms with Gasteiger partial charge in [-0.3, -0.25) is 9.69 Å². The molecule has 2 aliphatic heterocycles. The summed E-state index contributed by atoms with van der Waals surface area (Å²) in [6.07, 6.45) is 4.07. The van der Waals surface area contributed by atoms with Crippen LogP contribution in [0.4, 0.5) is 0 Å². The number of phenolic OH excluding ortho intramolecular Hbond substituents is 1. The summed E-state index contributed by atoms with van der Waals surface area (Å²) >= 11 is 6.03. The Bertz CT molecular complexity index is 922. The standard InChI is InChI=1S/C22H22ClNO3/c1-14-4-3-9-24(12-14)13-18-19(25)8-7-17-21(26)20(27-22(17)18)11-15-5-2-6-16(23)10-15/h2,5-8,10-11,14,25H,3-4,9,12-13H2,1H3/b20-11+. The van der Waals surface area contributed by atoms with Gasteiger partial charge in [-0.15, -0.1) is 0 Å². The first-order chi connectivity index (χ1) is 13.0. The lowest BCUT2D eigenvalue weighted by molar-refractivity contribution is 0.101. The van der Waals surface area contributed by atoms with E-state index in [1.54, 1.807) is 30.3 Å². The highest BCUT2D eigenvalue weighted by atomic mass is 35.5. The minimum atomic E-state index is -0.168. The van der Waals surface area contributed by atoms with Gasteiger partial charge in [0.05, 0.1) is 11.1 Å². The molecule has 0 amide bonds. The molecule has 2 aromatic carbocycles. The van der Waals surface area contributed by atoms with Gasteiger partial charge in [0.2, 0.25) is 5.78 Å². The van der Waals surface area contributed by atoms with Crippen molar-refractivity contribution in [2.45, 2.75) is 26.3 Å². The molecular formula is C22H22ClNO3. The van der Waals surface area contributed by atoms with Crippen LogP contribution < -0.4 is 4.74 Å². The topological polar surface area (TPSA) is 49.8 Å². The monoisotopic (exact) mass is 383 g/mol. The Morgan fingerprint density at radius 1 is 1.33 bits per heavy atom. The van der Waals surface area contributed by atoms with Gasteiger partial charge in [0, 0.05) is 18.1 Å². The number of nitrogens with zero attached hydrogens (tertiary/aromatic N) is 1. The van der Waals surface area contributed by atoms with E-state index >= 15 is 0 Å². The second-order valence-corrected chi connectivity index (χ2v) is 7.85. The second-order valence-electron chi connectivity index (χ2n) is 7.42. The van der Waals surface area contributed by atoms with Crippen LogP contribution in [-0.4, -0.2) is 28.9 Å². The molecule has 1 fully saturated rings. The molecule has 2 heterocycles. The summed E-state index contributed by atoms with van der Waals surface area (Å²) in [7, 11) is 0. The van der Waals surface area contributed by atoms with Gasteiger partial charge in [0.1, 0.15) is 11.5 Å². The molecule has 1 atom stereocenters. The molecule has 1 N–H and O–H groups in total. The van der Waals surface area contributed by atoms with E-state index in [4.69, 9.17) is 16.3 Å². The normalized spacial score (nSPS) is 21.3. The number of carbonyl (C=O) groups is 1. The van der Waals surface area contributed by atoms with Gasteiger partial charge in [-0.2, -0.15) is 0 Å². The molecule has 0 saturated carbocycles. The van der Waals surface area contributed by atoms with Crippen LogP contribution in [0.25, 0.3) is 6.08 Å². The van der Waals surface area contributed by atoms with Crippen LogP contribution in [0, 0.1) is 5.92 Å². The van der Waals surface area contributed by atoms with Gasteiger partial charge in [-0.1, -0.05) is 30.7 Å². The lowest BCUT2D eigenvalue weighted by Crippen LogP contribution is -2.33. The third kappa shape index (κ3) is 3.73. The fourth-order valence-corrected chi connectivity index (χ4v) is 4.05. The number of carbonyl (C=O) groups excluding carboxylic acids is 1. The van der Waals surface area contributed by atoms with Crippen molar-refractivity contribution in [1.82, 2.24) is 4.90 Å². The number of phenols is 1. The molecule has 140 valence electrons. The Morgan fingerprint density at radius 3 is 2.96 bits per heavy atom. The Labute approximate surface area is 164 Å². The summed E-state index contributed by atoms with van der Waals surface area (Å²) in [5, 5.41) is 11.0. The van der Waals surface area contributed by atoms with Crippen molar-refractivity contribution in [2.75, 3.05) is 13.1 Å². The molecule has 0 radical (unpaired) electrons. The maximum atomic E-state index is 12.8. The van der Waals surface area contributed by atoms with Crippen molar-refractivity contribution in [3.05, 3.63) is 63.9 Å². The van der Waals surface area contributed by atoms with Crippen LogP contribution in [0.3, 0.4) is 0 Å². The Hall–Kier alpha value is -2.30. The molecule has 0 spiro atoms. The van der Waals surface area contributed by atoms with Crippen molar-refractivity contribution in [2.24, 2.45) is 5.92 Å². The maximum Gasteiger partial charge on any atom is 0.231 e. The predicted molar refractivity (Wildman–Crippen MR) is 106 cm³/mol. The number of rotatable bonds is 3. The van der Waals surface area contributed by atoms with Gasteiger partial charge in [-0.25, -0.2) is 0 Å². The zero-order chi connectivity index (χ0) is 19.0. The Morgan fingerprint density at radius 2 is 2.19 bits per heavy atom. The van der Waals surface area contributed by atoms with E-state index in [1.165, 1.54) is 6.42 Å². The summed E-state index contributed by atoms with van der Waals surface area (Å²) < 4.78 is 5.93. The molecule has 1 unspecified atom stereocenters. The number of Topliss-reactive ketones (excluding diaryl/α,β-unsaturated/α-hetero) is 1. The summed E-state index contributed by atoms with van der Waals surface area (Å²) in [5.41, 5.74) is 1.99. The molecule has 0 aliphatic carbocycles. The van der Waals surface area contributed by atoms with E-state index < -0.39 is 0 Å². The molecule has 0 bridgehead atoms. The molecule has 4 nitrogen and oxygen atoms in total. The number of ketones is 1. The van der Waals surface area contributed by atoms with Crippen LogP contribution in [-0.2, 0) is 6.54 Å². The van der Waals surface area contributed by atoms with Gasteiger partial charge in [0.25, 0.3) is 0 Å². The van der Waals surface area contributed by atoms with Gasteiger partial charge in [-0.05, 0) is 61.2 Å². The first kappa shape index (κ1) is 18.1. The van der Waals surface area contributed by atoms with Crippen LogP contribution in [0.15, 0.2) is 42.2 Å². The Kier molecular flexibility index (Phi) is 4.94. The zero-order valence-corrected chi connectivity index (χ0v) is 16.0. The molecule has 5 heteroatoms. The fourth-order valence-electron chi connectivity index (χ4n) is 3.85. The fraction of sp³-hybridized carbons (Fsp3) is 0.318. The third-order valence-corrected chi connectivity index (χ3v) is 5.42. The number of allylic oxidation sites excluding steroid dienone is 1. The average molecular weight is 384 g/mol. The third-order valence-electron chi connectivity index (χ3n) is 5.19. The second kappa shape index (κ2) is 7.37. The lowest BCUT2D eigenvalue weighted by atomic mass is 9.99. The number of halogens is 1. The van der Waals surface area contributed by atoms with Crippen LogP contribution in [0.1, 0.15) is 41.3 Å². The van der Waals surface area contributed by atoms with Gasteiger partial charge >= 0.3 is 0 Å². The molecular weight excluding hydrogens is 362 g/mol. The van der Waals surface area contributed by atoms with Crippen molar-refractivity contribution >= 4 is 23.5 Å². The minimum absolute atomic E-state index is 0.168. The lowest BCUT2D eigenvalue weighted by Gasteiger charge is -2.31. The number of ether oxygens (including phenoxy) is 1. The molecule has 0 aromatic heterocycles. The first-order valence-electron chi connectivity index (χ1n) is 9.28. The van der Waals surface area contributed by atoms with Crippen molar-refractivity contribution in [3.63, 3.8) is 0 Å². The number of hydrogen-bond acceptors (Lipinski definition) is 4. The maximum absolute atomic E-state index is 12.8. The zero-order valence-electron chi connectivity index (χ0n) is 15.2. The van der Waals surface area contributed by atoms with Crippen molar-refractivity contribution < 1.29 is 14.6 Å². The number of fused-ring (bicyclic) bond motifs is 1. The van der Waals surface area contributed by atoms with Crippen LogP contribution in [0.5, 0.6) is 11.5 Å². The molecule has 4 rings (SSSR count). The predicted octanol–water partition coefficient (Wildman–Crippen LogP) is 4.89. The van der Waals surface area contributed by atoms with E-state index in [0.29, 0.717) is 34.4 Å². The van der Waals surface area contributed by atoms with Gasteiger partial charge in [0.15, 0.2) is 5.76 Å². The molecule has 1 saturated heterocycles. The SMILES string of the molecule is CC1CCCN(Cc2c(O)ccc3c2O/C(=C/c2cccc(Cl)c2)C3=O)C1. The first-order valence-corrected chi connectivity index (χ1v) is 9.66. The smallest absolute Gasteiger partial charge is 0.231 e. The number of likely N-dealkylation sites (tertiary alicyclic amines) is 1. The average Bonchev–Trinajstić information content (AvgIpc) is 2.94. The minimum Gasteiger partial charge on any atom is -0.507 e. The van der Waals surface area contributed by atoms with E-state index in [2.05, 4.69) is 11.8 Å². The van der Waals surface area contributed by atoms with Gasteiger partial charge < -0.3 is 9.84 Å². The van der Waals surface area contributed by atoms with Crippen molar-refractivity contribution in [3.8, 4) is 11.5 Å². The summed E-state index contributed by atoms with van der Waals surface area (Å²) in [4.78, 5) is 15.1. The highest BCUT2D eigenvalue weighted by Gasteiger charge is 2.32. The summed E-state index contributed by atoms with van der Waals surface area (Å²) in [6.45, 7) is 4.80. The number of hydrogen-bond donors (Lipinski definition) is 1. The van der Waals surface area contributed by atoms with Crippen molar-refractivity contribution in [1.29, 1.82) is 0 Å². The number of benzene rings is 2. The molecule has 2 aromatic rings. The van der Waals surface area contributed by atoms with Crippen LogP contribution >= 0.6 is 11.6 Å². The highest BCUT2D eigenvalue weighted by molar-refractivity contribution is 6.30.